The molecule has 1 saturated carbocycles. The van der Waals surface area contributed by atoms with Crippen molar-refractivity contribution in [1.82, 2.24) is 20.5 Å². The summed E-state index contributed by atoms with van der Waals surface area (Å²) in [6, 6.07) is 18.6. The van der Waals surface area contributed by atoms with Crippen LogP contribution in [0.3, 0.4) is 0 Å². The van der Waals surface area contributed by atoms with Gasteiger partial charge in [0.15, 0.2) is 0 Å². The molecule has 1 aromatic heterocycles. The minimum absolute atomic E-state index is 0.0910. The zero-order valence-electron chi connectivity index (χ0n) is 28.1. The molecular weight excluding hydrogens is 657 g/mol. The van der Waals surface area contributed by atoms with Gasteiger partial charge in [-0.3, -0.25) is 29.4 Å². The molecule has 260 valence electrons. The second-order valence-corrected chi connectivity index (χ2v) is 14.1. The Morgan fingerprint density at radius 3 is 2.50 bits per heavy atom. The molecule has 2 aliphatic heterocycles. The molecule has 1 atom stereocenters. The molecule has 12 nitrogen and oxygen atoms in total. The van der Waals surface area contributed by atoms with Gasteiger partial charge >= 0.3 is 0 Å². The molecule has 0 spiro atoms. The highest BCUT2D eigenvalue weighted by atomic mass is 32.1. The lowest BCUT2D eigenvalue weighted by molar-refractivity contribution is -0.136. The Morgan fingerprint density at radius 2 is 1.72 bits per heavy atom. The van der Waals surface area contributed by atoms with Crippen molar-refractivity contribution in [2.75, 3.05) is 50.6 Å². The molecule has 3 heterocycles. The molecule has 3 aliphatic rings. The zero-order valence-corrected chi connectivity index (χ0v) is 28.9. The predicted molar refractivity (Wildman–Crippen MR) is 192 cm³/mol. The topological polar surface area (TPSA) is 142 Å². The fraction of sp³-hybridized carbons (Fsp3) is 0.378. The van der Waals surface area contributed by atoms with Crippen molar-refractivity contribution >= 4 is 56.6 Å². The molecule has 50 heavy (non-hydrogen) atoms. The molecular formula is C37H40N6O6S. The second-order valence-electron chi connectivity index (χ2n) is 13.0. The molecule has 3 aromatic carbocycles. The standard InChI is InChI=1S/C37H40N6O6S/c1-42(2)24-7-4-22(5-8-24)35-40-30-11-9-25(21-32(30)50-35)49-27-19-26(20-27)48-17-3-14-38-15-16-39-23-6-10-28-29(18-23)37(47)43(36(28)46)31-12-13-33(44)41-34(31)45/h4-11,18,21,26-27,31,38-39H,3,12-17,19-20H2,1-2H3,(H,41,44,45). The number of ether oxygens (including phenoxy) is 2. The van der Waals surface area contributed by atoms with Crippen molar-refractivity contribution in [3.05, 3.63) is 71.8 Å². The van der Waals surface area contributed by atoms with E-state index in [0.717, 1.165) is 62.9 Å². The lowest BCUT2D eigenvalue weighted by atomic mass is 9.92. The van der Waals surface area contributed by atoms with Crippen LogP contribution in [-0.2, 0) is 14.3 Å². The van der Waals surface area contributed by atoms with Gasteiger partial charge in [-0.2, -0.15) is 0 Å². The van der Waals surface area contributed by atoms with E-state index in [9.17, 15) is 19.2 Å². The molecule has 4 amide bonds. The number of piperidine rings is 1. The van der Waals surface area contributed by atoms with Gasteiger partial charge in [-0.1, -0.05) is 0 Å². The van der Waals surface area contributed by atoms with Crippen molar-refractivity contribution in [2.45, 2.75) is 50.4 Å². The van der Waals surface area contributed by atoms with Gasteiger partial charge in [0.2, 0.25) is 11.8 Å². The average molecular weight is 697 g/mol. The number of carbonyl (C=O) groups is 4. The summed E-state index contributed by atoms with van der Waals surface area (Å²) >= 11 is 1.68. The predicted octanol–water partition coefficient (Wildman–Crippen LogP) is 4.45. The Balaban J connectivity index is 0.772. The number of nitrogens with one attached hydrogen (secondary N) is 3. The van der Waals surface area contributed by atoms with Crippen LogP contribution in [0.2, 0.25) is 0 Å². The Bertz CT molecular complexity index is 1920. The third-order valence-electron chi connectivity index (χ3n) is 9.27. The van der Waals surface area contributed by atoms with Crippen LogP contribution in [0.4, 0.5) is 11.4 Å². The zero-order chi connectivity index (χ0) is 34.8. The number of nitrogens with zero attached hydrogens (tertiary/aromatic N) is 3. The molecule has 1 unspecified atom stereocenters. The first-order chi connectivity index (χ1) is 24.2. The number of hydrogen-bond donors (Lipinski definition) is 3. The van der Waals surface area contributed by atoms with Crippen LogP contribution in [0.1, 0.15) is 52.8 Å². The van der Waals surface area contributed by atoms with E-state index < -0.39 is 29.7 Å². The van der Waals surface area contributed by atoms with Crippen LogP contribution in [0.15, 0.2) is 60.7 Å². The number of thiazole rings is 1. The van der Waals surface area contributed by atoms with Crippen molar-refractivity contribution in [1.29, 1.82) is 0 Å². The average Bonchev–Trinajstić information content (AvgIpc) is 3.62. The van der Waals surface area contributed by atoms with E-state index >= 15 is 0 Å². The number of imide groups is 2. The first-order valence-corrected chi connectivity index (χ1v) is 17.8. The summed E-state index contributed by atoms with van der Waals surface area (Å²) in [6.45, 7) is 2.81. The number of carbonyl (C=O) groups excluding carboxylic acids is 4. The van der Waals surface area contributed by atoms with Crippen LogP contribution < -0.4 is 25.6 Å². The third kappa shape index (κ3) is 7.21. The first kappa shape index (κ1) is 33.6. The van der Waals surface area contributed by atoms with Gasteiger partial charge in [0, 0.05) is 70.0 Å². The minimum Gasteiger partial charge on any atom is -0.490 e. The van der Waals surface area contributed by atoms with Gasteiger partial charge in [-0.05, 0) is 80.1 Å². The van der Waals surface area contributed by atoms with Gasteiger partial charge in [0.25, 0.3) is 11.8 Å². The first-order valence-electron chi connectivity index (χ1n) is 17.0. The van der Waals surface area contributed by atoms with Crippen LogP contribution in [0.25, 0.3) is 20.8 Å². The van der Waals surface area contributed by atoms with Gasteiger partial charge < -0.3 is 25.0 Å². The van der Waals surface area contributed by atoms with Crippen molar-refractivity contribution in [2.24, 2.45) is 0 Å². The third-order valence-corrected chi connectivity index (χ3v) is 10.3. The number of rotatable bonds is 14. The fourth-order valence-corrected chi connectivity index (χ4v) is 7.39. The Labute approximate surface area is 294 Å². The van der Waals surface area contributed by atoms with E-state index in [2.05, 4.69) is 51.2 Å². The summed E-state index contributed by atoms with van der Waals surface area (Å²) in [5.74, 6) is -1.17. The quantitative estimate of drug-likeness (QED) is 0.128. The van der Waals surface area contributed by atoms with Crippen molar-refractivity contribution in [3.63, 3.8) is 0 Å². The van der Waals surface area contributed by atoms with E-state index in [1.54, 1.807) is 29.5 Å². The number of hydrogen-bond acceptors (Lipinski definition) is 11. The molecule has 1 aliphatic carbocycles. The number of amides is 4. The van der Waals surface area contributed by atoms with Gasteiger partial charge in [-0.15, -0.1) is 11.3 Å². The summed E-state index contributed by atoms with van der Waals surface area (Å²) in [7, 11) is 4.07. The molecule has 7 rings (SSSR count). The molecule has 0 radical (unpaired) electrons. The summed E-state index contributed by atoms with van der Waals surface area (Å²) < 4.78 is 13.4. The van der Waals surface area contributed by atoms with E-state index in [-0.39, 0.29) is 36.2 Å². The van der Waals surface area contributed by atoms with Crippen LogP contribution in [-0.4, -0.2) is 92.1 Å². The van der Waals surface area contributed by atoms with E-state index in [1.165, 1.54) is 0 Å². The Hall–Kier alpha value is -4.85. The maximum atomic E-state index is 13.0. The Morgan fingerprint density at radius 1 is 0.920 bits per heavy atom. The number of benzene rings is 3. The molecule has 1 saturated heterocycles. The highest BCUT2D eigenvalue weighted by Gasteiger charge is 2.44. The monoisotopic (exact) mass is 696 g/mol. The summed E-state index contributed by atoms with van der Waals surface area (Å²) in [6.07, 6.45) is 3.23. The van der Waals surface area contributed by atoms with E-state index in [1.807, 2.05) is 26.2 Å². The van der Waals surface area contributed by atoms with Crippen LogP contribution >= 0.6 is 11.3 Å². The van der Waals surface area contributed by atoms with Gasteiger partial charge in [0.1, 0.15) is 22.9 Å². The van der Waals surface area contributed by atoms with E-state index in [0.29, 0.717) is 25.4 Å². The lowest BCUT2D eigenvalue weighted by Gasteiger charge is -2.35. The normalized spacial score (nSPS) is 20.1. The molecule has 4 aromatic rings. The second kappa shape index (κ2) is 14.6. The highest BCUT2D eigenvalue weighted by Crippen LogP contribution is 2.35. The minimum atomic E-state index is -0.971. The molecule has 0 bridgehead atoms. The Kier molecular flexibility index (Phi) is 9.79. The van der Waals surface area contributed by atoms with E-state index in [4.69, 9.17) is 14.5 Å². The maximum Gasteiger partial charge on any atom is 0.262 e. The molecule has 13 heteroatoms. The summed E-state index contributed by atoms with van der Waals surface area (Å²) in [4.78, 5) is 57.5. The lowest BCUT2D eigenvalue weighted by Crippen LogP contribution is -2.54. The van der Waals surface area contributed by atoms with Crippen molar-refractivity contribution < 1.29 is 28.7 Å². The molecule has 2 fully saturated rings. The highest BCUT2D eigenvalue weighted by molar-refractivity contribution is 7.21. The van der Waals surface area contributed by atoms with Crippen LogP contribution in [0.5, 0.6) is 5.75 Å². The largest absolute Gasteiger partial charge is 0.490 e. The van der Waals surface area contributed by atoms with Crippen molar-refractivity contribution in [3.8, 4) is 16.3 Å². The molecule has 3 N–H and O–H groups in total. The van der Waals surface area contributed by atoms with Gasteiger partial charge in [0.05, 0.1) is 27.4 Å². The smallest absolute Gasteiger partial charge is 0.262 e. The van der Waals surface area contributed by atoms with Crippen LogP contribution in [0, 0.1) is 0 Å². The number of fused-ring (bicyclic) bond motifs is 2. The summed E-state index contributed by atoms with van der Waals surface area (Å²) in [5.41, 5.74) is 4.49. The number of anilines is 2. The SMILES string of the molecule is CN(C)c1ccc(-c2nc3ccc(OC4CC(OCCCNCCNc5ccc6c(c5)C(=O)N(C5CCC(=O)NC5=O)C6=O)C4)cc3s2)cc1. The summed E-state index contributed by atoms with van der Waals surface area (Å²) in [5, 5.41) is 9.88. The fourth-order valence-electron chi connectivity index (χ4n) is 6.39. The van der Waals surface area contributed by atoms with Gasteiger partial charge in [-0.25, -0.2) is 4.98 Å². The number of aromatic nitrogens is 1. The maximum absolute atomic E-state index is 13.0.